The Balaban J connectivity index is 0.00000264. The average Bonchev–Trinajstić information content (AvgIpc) is 2.48. The molecular formula is C16H33IN4OS. The van der Waals surface area contributed by atoms with Crippen molar-refractivity contribution in [2.24, 2.45) is 10.9 Å². The first kappa shape index (κ1) is 21.3. The molecule has 2 heterocycles. The maximum Gasteiger partial charge on any atom is 0.193 e. The molecule has 1 N–H and O–H groups in total. The summed E-state index contributed by atoms with van der Waals surface area (Å²) in [6.07, 6.45) is 0. The summed E-state index contributed by atoms with van der Waals surface area (Å²) in [5, 5.41) is 3.58. The number of halogens is 1. The number of rotatable bonds is 4. The molecule has 0 spiro atoms. The minimum Gasteiger partial charge on any atom is -0.379 e. The molecule has 2 aliphatic heterocycles. The highest BCUT2D eigenvalue weighted by molar-refractivity contribution is 14.0. The summed E-state index contributed by atoms with van der Waals surface area (Å²) in [7, 11) is 1.89. The Hall–Kier alpha value is 0.270. The lowest BCUT2D eigenvalue weighted by atomic mass is 10.1. The number of nitrogens with zero attached hydrogens (tertiary/aromatic N) is 3. The molecule has 0 amide bonds. The molecule has 23 heavy (non-hydrogen) atoms. The van der Waals surface area contributed by atoms with Crippen LogP contribution in [0.15, 0.2) is 4.99 Å². The molecule has 0 aromatic rings. The third-order valence-corrected chi connectivity index (χ3v) is 5.52. The van der Waals surface area contributed by atoms with Gasteiger partial charge in [0.1, 0.15) is 0 Å². The highest BCUT2D eigenvalue weighted by Gasteiger charge is 2.28. The minimum absolute atomic E-state index is 0. The fourth-order valence-electron chi connectivity index (χ4n) is 3.08. The van der Waals surface area contributed by atoms with Crippen molar-refractivity contribution in [3.63, 3.8) is 0 Å². The number of ether oxygens (including phenoxy) is 1. The van der Waals surface area contributed by atoms with Gasteiger partial charge in [0.2, 0.25) is 0 Å². The predicted molar refractivity (Wildman–Crippen MR) is 111 cm³/mol. The molecule has 1 unspecified atom stereocenters. The van der Waals surface area contributed by atoms with E-state index in [1.807, 2.05) is 7.05 Å². The fourth-order valence-corrected chi connectivity index (χ4v) is 4.20. The topological polar surface area (TPSA) is 40.1 Å². The Morgan fingerprint density at radius 2 is 2.00 bits per heavy atom. The number of aliphatic imine (C=N–C) groups is 1. The quantitative estimate of drug-likeness (QED) is 0.398. The zero-order valence-electron chi connectivity index (χ0n) is 15.0. The van der Waals surface area contributed by atoms with Gasteiger partial charge in [-0.15, -0.1) is 24.0 Å². The van der Waals surface area contributed by atoms with Crippen LogP contribution in [0.4, 0.5) is 0 Å². The Kier molecular flexibility index (Phi) is 9.55. The van der Waals surface area contributed by atoms with E-state index in [1.54, 1.807) is 0 Å². The molecule has 2 aliphatic rings. The molecule has 0 radical (unpaired) electrons. The third-order valence-electron chi connectivity index (χ3n) is 4.22. The Labute approximate surface area is 163 Å². The zero-order valence-corrected chi connectivity index (χ0v) is 18.2. The van der Waals surface area contributed by atoms with E-state index in [9.17, 15) is 0 Å². The monoisotopic (exact) mass is 456 g/mol. The van der Waals surface area contributed by atoms with Gasteiger partial charge in [0.05, 0.1) is 13.2 Å². The van der Waals surface area contributed by atoms with E-state index >= 15 is 0 Å². The molecule has 0 saturated carbocycles. The first-order chi connectivity index (χ1) is 10.5. The molecule has 7 heteroatoms. The minimum atomic E-state index is 0. The van der Waals surface area contributed by atoms with Crippen LogP contribution in [0, 0.1) is 5.92 Å². The van der Waals surface area contributed by atoms with Crippen LogP contribution in [0.2, 0.25) is 0 Å². The average molecular weight is 456 g/mol. The molecule has 1 atom stereocenters. The van der Waals surface area contributed by atoms with Crippen LogP contribution in [-0.4, -0.2) is 85.8 Å². The van der Waals surface area contributed by atoms with Crippen molar-refractivity contribution in [1.29, 1.82) is 0 Å². The van der Waals surface area contributed by atoms with Crippen molar-refractivity contribution in [3.8, 4) is 0 Å². The standard InChI is InChI=1S/C16H32N4OS.HI/c1-14(12-19-5-8-21-9-6-19)11-18-15(17-4)20-7-10-22-16(2,3)13-20;/h14H,5-13H2,1-4H3,(H,17,18);1H. The van der Waals surface area contributed by atoms with E-state index in [-0.39, 0.29) is 24.0 Å². The summed E-state index contributed by atoms with van der Waals surface area (Å²) in [5.41, 5.74) is 0. The van der Waals surface area contributed by atoms with Gasteiger partial charge in [-0.1, -0.05) is 6.92 Å². The second-order valence-electron chi connectivity index (χ2n) is 6.98. The van der Waals surface area contributed by atoms with E-state index < -0.39 is 0 Å². The van der Waals surface area contributed by atoms with Crippen molar-refractivity contribution in [1.82, 2.24) is 15.1 Å². The molecule has 5 nitrogen and oxygen atoms in total. The molecule has 0 bridgehead atoms. The van der Waals surface area contributed by atoms with E-state index in [0.717, 1.165) is 58.4 Å². The first-order valence-electron chi connectivity index (χ1n) is 8.40. The van der Waals surface area contributed by atoms with E-state index in [0.29, 0.717) is 10.7 Å². The molecule has 2 saturated heterocycles. The van der Waals surface area contributed by atoms with E-state index in [1.165, 1.54) is 5.75 Å². The second kappa shape index (κ2) is 10.3. The van der Waals surface area contributed by atoms with Crippen molar-refractivity contribution < 1.29 is 4.74 Å². The maximum absolute atomic E-state index is 5.41. The largest absolute Gasteiger partial charge is 0.379 e. The SMILES string of the molecule is CN=C(NCC(C)CN1CCOCC1)N1CCSC(C)(C)C1.I. The van der Waals surface area contributed by atoms with Gasteiger partial charge >= 0.3 is 0 Å². The van der Waals surface area contributed by atoms with Crippen molar-refractivity contribution in [3.05, 3.63) is 0 Å². The summed E-state index contributed by atoms with van der Waals surface area (Å²) in [6.45, 7) is 15.1. The van der Waals surface area contributed by atoms with Gasteiger partial charge in [0.15, 0.2) is 5.96 Å². The summed E-state index contributed by atoms with van der Waals surface area (Å²) >= 11 is 2.06. The van der Waals surface area contributed by atoms with Gasteiger partial charge < -0.3 is 15.0 Å². The van der Waals surface area contributed by atoms with Crippen LogP contribution < -0.4 is 5.32 Å². The van der Waals surface area contributed by atoms with Crippen LogP contribution in [0.1, 0.15) is 20.8 Å². The van der Waals surface area contributed by atoms with Gasteiger partial charge in [0.25, 0.3) is 0 Å². The Bertz CT molecular complexity index is 375. The number of thioether (sulfide) groups is 1. The van der Waals surface area contributed by atoms with E-state index in [4.69, 9.17) is 4.74 Å². The molecule has 136 valence electrons. The maximum atomic E-state index is 5.41. The third kappa shape index (κ3) is 7.36. The number of morpholine rings is 1. The zero-order chi connectivity index (χ0) is 16.0. The first-order valence-corrected chi connectivity index (χ1v) is 9.38. The Morgan fingerprint density at radius 3 is 2.61 bits per heavy atom. The summed E-state index contributed by atoms with van der Waals surface area (Å²) < 4.78 is 5.73. The molecule has 2 fully saturated rings. The van der Waals surface area contributed by atoms with Crippen LogP contribution in [-0.2, 0) is 4.74 Å². The van der Waals surface area contributed by atoms with Crippen molar-refractivity contribution >= 4 is 41.7 Å². The van der Waals surface area contributed by atoms with Crippen LogP contribution in [0.5, 0.6) is 0 Å². The number of guanidine groups is 1. The lowest BCUT2D eigenvalue weighted by Gasteiger charge is -2.39. The van der Waals surface area contributed by atoms with Crippen molar-refractivity contribution in [2.45, 2.75) is 25.5 Å². The van der Waals surface area contributed by atoms with Gasteiger partial charge in [-0.3, -0.25) is 9.89 Å². The number of hydrogen-bond donors (Lipinski definition) is 1. The highest BCUT2D eigenvalue weighted by atomic mass is 127. The van der Waals surface area contributed by atoms with Crippen LogP contribution in [0.25, 0.3) is 0 Å². The predicted octanol–water partition coefficient (Wildman–Crippen LogP) is 1.98. The molecule has 2 rings (SSSR count). The summed E-state index contributed by atoms with van der Waals surface area (Å²) in [4.78, 5) is 9.38. The number of hydrogen-bond acceptors (Lipinski definition) is 4. The lowest BCUT2D eigenvalue weighted by Crippen LogP contribution is -2.52. The summed E-state index contributed by atoms with van der Waals surface area (Å²) in [6, 6.07) is 0. The Morgan fingerprint density at radius 1 is 1.30 bits per heavy atom. The van der Waals surface area contributed by atoms with E-state index in [2.05, 4.69) is 52.6 Å². The molecule has 0 aliphatic carbocycles. The lowest BCUT2D eigenvalue weighted by molar-refractivity contribution is 0.0320. The molecule has 0 aromatic heterocycles. The van der Waals surface area contributed by atoms with Crippen molar-refractivity contribution in [2.75, 3.05) is 65.3 Å². The van der Waals surface area contributed by atoms with Gasteiger partial charge in [-0.2, -0.15) is 11.8 Å². The smallest absolute Gasteiger partial charge is 0.193 e. The van der Waals surface area contributed by atoms with Gasteiger partial charge in [-0.05, 0) is 19.8 Å². The van der Waals surface area contributed by atoms with Crippen LogP contribution in [0.3, 0.4) is 0 Å². The van der Waals surface area contributed by atoms with Gasteiger partial charge in [-0.25, -0.2) is 0 Å². The fraction of sp³-hybridized carbons (Fsp3) is 0.938. The van der Waals surface area contributed by atoms with Gasteiger partial charge in [0, 0.05) is 56.8 Å². The summed E-state index contributed by atoms with van der Waals surface area (Å²) in [5.74, 6) is 2.85. The van der Waals surface area contributed by atoms with Crippen LogP contribution >= 0.6 is 35.7 Å². The highest BCUT2D eigenvalue weighted by Crippen LogP contribution is 2.29. The molecule has 0 aromatic carbocycles. The second-order valence-corrected chi connectivity index (χ2v) is 8.78. The number of nitrogens with one attached hydrogen (secondary N) is 1. The molecular weight excluding hydrogens is 423 g/mol. The normalized spacial score (nSPS) is 24.0.